The van der Waals surface area contributed by atoms with E-state index in [-0.39, 0.29) is 0 Å². The number of hydrogen-bond donors (Lipinski definition) is 1. The Bertz CT molecular complexity index is 425. The Hall–Kier alpha value is -1.97. The number of aromatic amines is 1. The van der Waals surface area contributed by atoms with E-state index in [1.54, 1.807) is 5.10 Å². The number of alkyl halides is 3. The van der Waals surface area contributed by atoms with Gasteiger partial charge in [0.05, 0.1) is 18.9 Å². The normalized spacial score (nSPS) is 10.4. The quantitative estimate of drug-likeness (QED) is 0.521. The Morgan fingerprint density at radius 2 is 2.27 bits per heavy atom. The predicted molar refractivity (Wildman–Crippen MR) is 42.5 cm³/mol. The van der Waals surface area contributed by atoms with Crippen LogP contribution in [0.4, 0.5) is 13.2 Å². The summed E-state index contributed by atoms with van der Waals surface area (Å²) in [7, 11) is 1.08. The zero-order valence-corrected chi connectivity index (χ0v) is 7.47. The molecule has 0 amide bonds. The van der Waals surface area contributed by atoms with Gasteiger partial charge in [-0.25, -0.2) is 4.79 Å². The van der Waals surface area contributed by atoms with Gasteiger partial charge in [0.25, 0.3) is 0 Å². The van der Waals surface area contributed by atoms with Crippen molar-refractivity contribution in [2.45, 2.75) is 6.18 Å². The molecule has 80 valence electrons. The van der Waals surface area contributed by atoms with Gasteiger partial charge in [-0.05, 0) is 0 Å². The molecule has 7 heteroatoms. The summed E-state index contributed by atoms with van der Waals surface area (Å²) in [5.41, 5.74) is -1.48. The van der Waals surface area contributed by atoms with E-state index in [0.717, 1.165) is 13.3 Å². The van der Waals surface area contributed by atoms with Crippen molar-refractivity contribution >= 4 is 5.97 Å². The number of methoxy groups -OCH3 is 1. The topological polar surface area (TPSA) is 55.0 Å². The van der Waals surface area contributed by atoms with Crippen LogP contribution in [0.5, 0.6) is 0 Å². The first kappa shape index (κ1) is 11.1. The lowest BCUT2D eigenvalue weighted by Gasteiger charge is -2.02. The Morgan fingerprint density at radius 1 is 1.60 bits per heavy atom. The molecule has 0 saturated heterocycles. The molecular weight excluding hydrogens is 213 g/mol. The van der Waals surface area contributed by atoms with E-state index in [1.807, 2.05) is 11.8 Å². The van der Waals surface area contributed by atoms with Crippen LogP contribution in [-0.4, -0.2) is 23.3 Å². The highest BCUT2D eigenvalue weighted by atomic mass is 19.4. The number of halogens is 3. The number of H-pyrrole nitrogens is 1. The maximum absolute atomic E-state index is 12.2. The average molecular weight is 218 g/mol. The summed E-state index contributed by atoms with van der Waals surface area (Å²) < 4.78 is 40.8. The van der Waals surface area contributed by atoms with Gasteiger partial charge in [-0.2, -0.15) is 18.3 Å². The molecule has 0 aliphatic heterocycles. The van der Waals surface area contributed by atoms with Crippen LogP contribution in [0, 0.1) is 11.8 Å². The van der Waals surface area contributed by atoms with Gasteiger partial charge in [0, 0.05) is 5.92 Å². The van der Waals surface area contributed by atoms with E-state index in [4.69, 9.17) is 0 Å². The Balaban J connectivity index is 3.00. The average Bonchev–Trinajstić information content (AvgIpc) is 2.61. The van der Waals surface area contributed by atoms with Gasteiger partial charge >= 0.3 is 12.1 Å². The van der Waals surface area contributed by atoms with E-state index in [1.165, 1.54) is 0 Å². The number of nitrogens with zero attached hydrogens (tertiary/aromatic N) is 1. The van der Waals surface area contributed by atoms with Crippen molar-refractivity contribution in [1.29, 1.82) is 0 Å². The minimum absolute atomic E-state index is 0.395. The molecule has 15 heavy (non-hydrogen) atoms. The lowest BCUT2D eigenvalue weighted by atomic mass is 10.2. The van der Waals surface area contributed by atoms with Gasteiger partial charge in [-0.1, -0.05) is 5.92 Å². The van der Waals surface area contributed by atoms with Gasteiger partial charge in [0.1, 0.15) is 0 Å². The minimum atomic E-state index is -4.57. The molecule has 1 heterocycles. The second-order valence-electron chi connectivity index (χ2n) is 2.40. The van der Waals surface area contributed by atoms with E-state index < -0.39 is 23.4 Å². The molecule has 0 bridgehead atoms. The fraction of sp³-hybridized carbons (Fsp3) is 0.250. The van der Waals surface area contributed by atoms with E-state index in [9.17, 15) is 18.0 Å². The highest BCUT2D eigenvalue weighted by Gasteiger charge is 2.35. The molecule has 1 N–H and O–H groups in total. The first-order valence-electron chi connectivity index (χ1n) is 3.65. The van der Waals surface area contributed by atoms with Gasteiger partial charge in [-0.15, -0.1) is 0 Å². The molecular formula is C8H5F3N2O2. The van der Waals surface area contributed by atoms with Crippen LogP contribution in [0.15, 0.2) is 6.20 Å². The van der Waals surface area contributed by atoms with Crippen molar-refractivity contribution in [2.24, 2.45) is 0 Å². The van der Waals surface area contributed by atoms with Crippen LogP contribution in [0.3, 0.4) is 0 Å². The standard InChI is InChI=1S/C8H5F3N2O2/c1-15-6(14)3-2-5-4-12-13-7(5)8(9,10)11/h4H,1H3,(H,12,13). The third-order valence-electron chi connectivity index (χ3n) is 1.41. The van der Waals surface area contributed by atoms with Gasteiger partial charge < -0.3 is 4.74 Å². The summed E-state index contributed by atoms with van der Waals surface area (Å²) in [5, 5.41) is 4.95. The fourth-order valence-electron chi connectivity index (χ4n) is 0.766. The fourth-order valence-corrected chi connectivity index (χ4v) is 0.766. The number of rotatable bonds is 0. The van der Waals surface area contributed by atoms with Gasteiger partial charge in [0.2, 0.25) is 0 Å². The number of esters is 1. The molecule has 0 aromatic carbocycles. The zero-order valence-electron chi connectivity index (χ0n) is 7.47. The number of ether oxygens (including phenoxy) is 1. The smallest absolute Gasteiger partial charge is 0.434 e. The summed E-state index contributed by atoms with van der Waals surface area (Å²) in [6, 6.07) is 0. The molecule has 0 spiro atoms. The number of carbonyl (C=O) groups is 1. The Morgan fingerprint density at radius 3 is 2.80 bits per heavy atom. The third-order valence-corrected chi connectivity index (χ3v) is 1.41. The molecule has 0 atom stereocenters. The molecule has 0 radical (unpaired) electrons. The van der Waals surface area contributed by atoms with Gasteiger partial charge in [-0.3, -0.25) is 5.10 Å². The third kappa shape index (κ3) is 2.74. The summed E-state index contributed by atoms with van der Waals surface area (Å²) in [6.07, 6.45) is -3.69. The number of hydrogen-bond acceptors (Lipinski definition) is 3. The zero-order chi connectivity index (χ0) is 11.5. The predicted octanol–water partition coefficient (Wildman–Crippen LogP) is 0.953. The van der Waals surface area contributed by atoms with Crippen molar-refractivity contribution < 1.29 is 22.7 Å². The SMILES string of the molecule is COC(=O)C#Cc1cn[nH]c1C(F)(F)F. The van der Waals surface area contributed by atoms with Crippen molar-refractivity contribution in [3.63, 3.8) is 0 Å². The maximum Gasteiger partial charge on any atom is 0.434 e. The van der Waals surface area contributed by atoms with Crippen LogP contribution in [-0.2, 0) is 15.7 Å². The highest BCUT2D eigenvalue weighted by molar-refractivity contribution is 5.89. The lowest BCUT2D eigenvalue weighted by Crippen LogP contribution is -2.07. The molecule has 1 aromatic rings. The minimum Gasteiger partial charge on any atom is -0.459 e. The number of carbonyl (C=O) groups excluding carboxylic acids is 1. The molecule has 4 nitrogen and oxygen atoms in total. The molecule has 0 fully saturated rings. The molecule has 0 aliphatic rings. The van der Waals surface area contributed by atoms with Crippen LogP contribution in [0.2, 0.25) is 0 Å². The Kier molecular flexibility index (Phi) is 2.99. The lowest BCUT2D eigenvalue weighted by molar-refractivity contribution is -0.141. The highest BCUT2D eigenvalue weighted by Crippen LogP contribution is 2.29. The second-order valence-corrected chi connectivity index (χ2v) is 2.40. The summed E-state index contributed by atoms with van der Waals surface area (Å²) in [4.78, 5) is 10.6. The number of nitrogens with one attached hydrogen (secondary N) is 1. The van der Waals surface area contributed by atoms with Crippen molar-refractivity contribution in [3.8, 4) is 11.8 Å². The molecule has 0 unspecified atom stereocenters. The van der Waals surface area contributed by atoms with Crippen LogP contribution in [0.25, 0.3) is 0 Å². The first-order chi connectivity index (χ1) is 6.95. The second kappa shape index (κ2) is 4.04. The van der Waals surface area contributed by atoms with Crippen LogP contribution >= 0.6 is 0 Å². The van der Waals surface area contributed by atoms with Crippen molar-refractivity contribution in [2.75, 3.05) is 7.11 Å². The van der Waals surface area contributed by atoms with E-state index in [2.05, 4.69) is 9.84 Å². The van der Waals surface area contributed by atoms with Crippen molar-refractivity contribution in [1.82, 2.24) is 10.2 Å². The first-order valence-corrected chi connectivity index (χ1v) is 3.65. The summed E-state index contributed by atoms with van der Waals surface area (Å²) in [6.45, 7) is 0. The van der Waals surface area contributed by atoms with E-state index in [0.29, 0.717) is 0 Å². The maximum atomic E-state index is 12.2. The van der Waals surface area contributed by atoms with Gasteiger partial charge in [0.15, 0.2) is 5.69 Å². The molecule has 1 aromatic heterocycles. The van der Waals surface area contributed by atoms with Crippen molar-refractivity contribution in [3.05, 3.63) is 17.5 Å². The van der Waals surface area contributed by atoms with Crippen LogP contribution in [0.1, 0.15) is 11.3 Å². The molecule has 0 aliphatic carbocycles. The largest absolute Gasteiger partial charge is 0.459 e. The Labute approximate surface area is 82.4 Å². The van der Waals surface area contributed by atoms with E-state index >= 15 is 0 Å². The summed E-state index contributed by atoms with van der Waals surface area (Å²) in [5.74, 6) is 2.98. The van der Waals surface area contributed by atoms with Crippen LogP contribution < -0.4 is 0 Å². The summed E-state index contributed by atoms with van der Waals surface area (Å²) >= 11 is 0. The number of aromatic nitrogens is 2. The molecule has 0 saturated carbocycles. The molecule has 1 rings (SSSR count). The monoisotopic (exact) mass is 218 g/mol.